The van der Waals surface area contributed by atoms with E-state index in [4.69, 9.17) is 5.21 Å². The van der Waals surface area contributed by atoms with Crippen LogP contribution in [-0.4, -0.2) is 24.5 Å². The van der Waals surface area contributed by atoms with Crippen LogP contribution in [0.15, 0.2) is 29.4 Å². The Morgan fingerprint density at radius 3 is 2.75 bits per heavy atom. The molecule has 1 fully saturated rings. The maximum Gasteiger partial charge on any atom is 0.0754 e. The van der Waals surface area contributed by atoms with E-state index in [2.05, 4.69) is 10.1 Å². The molecule has 62 valence electrons. The molecule has 0 aromatic heterocycles. The molecule has 3 nitrogen and oxygen atoms in total. The molecule has 0 spiro atoms. The maximum atomic E-state index is 8.40. The third kappa shape index (κ3) is 1.25. The highest BCUT2D eigenvalue weighted by Gasteiger charge is 2.19. The molecule has 2 rings (SSSR count). The van der Waals surface area contributed by atoms with E-state index in [1.165, 1.54) is 6.21 Å². The molecule has 0 radical (unpaired) electrons. The molecule has 1 aliphatic rings. The molecule has 0 atom stereocenters. The highest BCUT2D eigenvalue weighted by Crippen LogP contribution is 2.23. The van der Waals surface area contributed by atoms with Gasteiger partial charge >= 0.3 is 0 Å². The van der Waals surface area contributed by atoms with Gasteiger partial charge in [-0.2, -0.15) is 0 Å². The average molecular weight is 162 g/mol. The van der Waals surface area contributed by atoms with Gasteiger partial charge in [0.2, 0.25) is 0 Å². The van der Waals surface area contributed by atoms with E-state index < -0.39 is 0 Å². The van der Waals surface area contributed by atoms with E-state index in [1.54, 1.807) is 0 Å². The Bertz CT molecular complexity index is 305. The van der Waals surface area contributed by atoms with Crippen molar-refractivity contribution in [2.24, 2.45) is 5.16 Å². The predicted molar refractivity (Wildman–Crippen MR) is 48.0 cm³/mol. The van der Waals surface area contributed by atoms with E-state index in [0.717, 1.165) is 24.3 Å². The first kappa shape index (κ1) is 7.16. The Labute approximate surface area is 70.9 Å². The highest BCUT2D eigenvalue weighted by molar-refractivity contribution is 5.88. The van der Waals surface area contributed by atoms with Crippen LogP contribution in [0.3, 0.4) is 0 Å². The lowest BCUT2D eigenvalue weighted by molar-refractivity contribution is 0.322. The van der Waals surface area contributed by atoms with E-state index in [1.807, 2.05) is 24.3 Å². The first-order valence-electron chi connectivity index (χ1n) is 3.93. The third-order valence-corrected chi connectivity index (χ3v) is 1.92. The molecular formula is C9H10N2O. The lowest BCUT2D eigenvalue weighted by atomic mass is 10.2. The van der Waals surface area contributed by atoms with Gasteiger partial charge in [0.15, 0.2) is 0 Å². The van der Waals surface area contributed by atoms with Crippen LogP contribution in [0.1, 0.15) is 5.56 Å². The predicted octanol–water partition coefficient (Wildman–Crippen LogP) is 1.31. The van der Waals surface area contributed by atoms with Gasteiger partial charge in [0.1, 0.15) is 0 Å². The molecule has 1 aliphatic heterocycles. The van der Waals surface area contributed by atoms with Crippen LogP contribution in [0.2, 0.25) is 0 Å². The summed E-state index contributed by atoms with van der Waals surface area (Å²) in [4.78, 5) is 2.22. The van der Waals surface area contributed by atoms with E-state index in [-0.39, 0.29) is 0 Å². The molecule has 0 amide bonds. The molecule has 1 N–H and O–H groups in total. The Kier molecular flexibility index (Phi) is 1.70. The minimum atomic E-state index is 0.970. The van der Waals surface area contributed by atoms with Gasteiger partial charge in [0, 0.05) is 24.3 Å². The fourth-order valence-corrected chi connectivity index (χ4v) is 1.24. The van der Waals surface area contributed by atoms with Crippen molar-refractivity contribution in [3.63, 3.8) is 0 Å². The van der Waals surface area contributed by atoms with Crippen LogP contribution in [-0.2, 0) is 0 Å². The van der Waals surface area contributed by atoms with Crippen molar-refractivity contribution in [1.82, 2.24) is 0 Å². The number of oxime groups is 1. The van der Waals surface area contributed by atoms with Gasteiger partial charge in [0.05, 0.1) is 6.21 Å². The standard InChI is InChI=1S/C9H10N2O/c12-10-7-8-3-1-2-4-9(8)11-5-6-11/h1-4,7,12H,5-6H2. The molecule has 1 aromatic carbocycles. The smallest absolute Gasteiger partial charge is 0.0754 e. The van der Waals surface area contributed by atoms with Gasteiger partial charge in [-0.25, -0.2) is 0 Å². The Morgan fingerprint density at radius 2 is 2.08 bits per heavy atom. The molecule has 0 bridgehead atoms. The zero-order valence-electron chi connectivity index (χ0n) is 6.64. The second-order valence-electron chi connectivity index (χ2n) is 2.79. The fourth-order valence-electron chi connectivity index (χ4n) is 1.24. The topological polar surface area (TPSA) is 35.6 Å². The van der Waals surface area contributed by atoms with Crippen molar-refractivity contribution >= 4 is 11.9 Å². The number of para-hydroxylation sites is 1. The molecule has 1 saturated heterocycles. The number of nitrogens with zero attached hydrogens (tertiary/aromatic N) is 2. The molecule has 3 heteroatoms. The zero-order valence-corrected chi connectivity index (χ0v) is 6.64. The number of anilines is 1. The summed E-state index contributed by atoms with van der Waals surface area (Å²) >= 11 is 0. The van der Waals surface area contributed by atoms with Gasteiger partial charge in [0.25, 0.3) is 0 Å². The van der Waals surface area contributed by atoms with E-state index in [0.29, 0.717) is 0 Å². The molecule has 12 heavy (non-hydrogen) atoms. The molecule has 0 aliphatic carbocycles. The first-order chi connectivity index (χ1) is 5.92. The zero-order chi connectivity index (χ0) is 8.39. The van der Waals surface area contributed by atoms with Crippen LogP contribution >= 0.6 is 0 Å². The normalized spacial score (nSPS) is 15.5. The van der Waals surface area contributed by atoms with Gasteiger partial charge in [-0.05, 0) is 6.07 Å². The van der Waals surface area contributed by atoms with E-state index >= 15 is 0 Å². The quantitative estimate of drug-likeness (QED) is 0.308. The SMILES string of the molecule is ON=Cc1ccccc1N1CC1. The van der Waals surface area contributed by atoms with Gasteiger partial charge < -0.3 is 10.1 Å². The summed E-state index contributed by atoms with van der Waals surface area (Å²) in [5.41, 5.74) is 2.12. The number of rotatable bonds is 2. The van der Waals surface area contributed by atoms with Crippen LogP contribution in [0.4, 0.5) is 5.69 Å². The van der Waals surface area contributed by atoms with Crippen molar-refractivity contribution < 1.29 is 5.21 Å². The number of benzene rings is 1. The van der Waals surface area contributed by atoms with Gasteiger partial charge in [-0.3, -0.25) is 0 Å². The monoisotopic (exact) mass is 162 g/mol. The Morgan fingerprint density at radius 1 is 1.33 bits per heavy atom. The number of hydrogen-bond acceptors (Lipinski definition) is 3. The first-order valence-corrected chi connectivity index (χ1v) is 3.93. The minimum absolute atomic E-state index is 0.970. The largest absolute Gasteiger partial charge is 0.411 e. The van der Waals surface area contributed by atoms with Crippen molar-refractivity contribution in [1.29, 1.82) is 0 Å². The average Bonchev–Trinajstić information content (AvgIpc) is 2.89. The lowest BCUT2D eigenvalue weighted by Crippen LogP contribution is -1.95. The maximum absolute atomic E-state index is 8.40. The third-order valence-electron chi connectivity index (χ3n) is 1.92. The Hall–Kier alpha value is -1.51. The number of hydrogen-bond donors (Lipinski definition) is 1. The summed E-state index contributed by atoms with van der Waals surface area (Å²) in [7, 11) is 0. The molecule has 0 saturated carbocycles. The summed E-state index contributed by atoms with van der Waals surface area (Å²) < 4.78 is 0. The molecular weight excluding hydrogens is 152 g/mol. The lowest BCUT2D eigenvalue weighted by Gasteiger charge is -2.04. The molecule has 0 unspecified atom stereocenters. The summed E-state index contributed by atoms with van der Waals surface area (Å²) in [5.74, 6) is 0. The summed E-state index contributed by atoms with van der Waals surface area (Å²) in [5, 5.41) is 11.4. The van der Waals surface area contributed by atoms with E-state index in [9.17, 15) is 0 Å². The van der Waals surface area contributed by atoms with Gasteiger partial charge in [-0.1, -0.05) is 23.4 Å². The van der Waals surface area contributed by atoms with Crippen molar-refractivity contribution in [3.05, 3.63) is 29.8 Å². The minimum Gasteiger partial charge on any atom is -0.411 e. The summed E-state index contributed by atoms with van der Waals surface area (Å²) in [6.07, 6.45) is 1.47. The second-order valence-corrected chi connectivity index (χ2v) is 2.79. The second kappa shape index (κ2) is 2.85. The van der Waals surface area contributed by atoms with Gasteiger partial charge in [-0.15, -0.1) is 0 Å². The van der Waals surface area contributed by atoms with Crippen LogP contribution < -0.4 is 4.90 Å². The highest BCUT2D eigenvalue weighted by atomic mass is 16.4. The molecule has 1 aromatic rings. The molecule has 1 heterocycles. The van der Waals surface area contributed by atoms with Crippen molar-refractivity contribution in [2.75, 3.05) is 18.0 Å². The van der Waals surface area contributed by atoms with Crippen LogP contribution in [0, 0.1) is 0 Å². The fraction of sp³-hybridized carbons (Fsp3) is 0.222. The summed E-state index contributed by atoms with van der Waals surface area (Å²) in [6, 6.07) is 7.89. The van der Waals surface area contributed by atoms with Crippen molar-refractivity contribution in [2.45, 2.75) is 0 Å². The van der Waals surface area contributed by atoms with Crippen LogP contribution in [0.25, 0.3) is 0 Å². The van der Waals surface area contributed by atoms with Crippen LogP contribution in [0.5, 0.6) is 0 Å². The van der Waals surface area contributed by atoms with Crippen molar-refractivity contribution in [3.8, 4) is 0 Å². The Balaban J connectivity index is 2.36. The summed E-state index contributed by atoms with van der Waals surface area (Å²) in [6.45, 7) is 2.21.